The zero-order valence-corrected chi connectivity index (χ0v) is 23.6. The van der Waals surface area contributed by atoms with E-state index in [0.29, 0.717) is 48.9 Å². The van der Waals surface area contributed by atoms with Gasteiger partial charge in [-0.05, 0) is 49.7 Å². The smallest absolute Gasteiger partial charge is 0.261 e. The van der Waals surface area contributed by atoms with Crippen molar-refractivity contribution in [2.24, 2.45) is 0 Å². The van der Waals surface area contributed by atoms with Gasteiger partial charge in [-0.25, -0.2) is 19.0 Å². The van der Waals surface area contributed by atoms with E-state index >= 15 is 0 Å². The number of carbonyl (C=O) groups is 1. The van der Waals surface area contributed by atoms with Crippen molar-refractivity contribution in [2.75, 3.05) is 45.3 Å². The van der Waals surface area contributed by atoms with Crippen molar-refractivity contribution in [1.29, 1.82) is 0 Å². The van der Waals surface area contributed by atoms with Crippen LogP contribution >= 0.6 is 0 Å². The van der Waals surface area contributed by atoms with Gasteiger partial charge in [0.2, 0.25) is 0 Å². The SMILES string of the molecule is CCCC(C)c1nc(N2CCN(C(=O)c3c(OC)cccc3OC)CC2)c2c(C)nn(-c3ccc(F)cc3)c2n1. The summed E-state index contributed by atoms with van der Waals surface area (Å²) in [7, 11) is 3.10. The normalized spacial score (nSPS) is 14.4. The predicted octanol–water partition coefficient (Wildman–Crippen LogP) is 5.15. The monoisotopic (exact) mass is 546 g/mol. The number of halogens is 1. The Kier molecular flexibility index (Phi) is 7.86. The summed E-state index contributed by atoms with van der Waals surface area (Å²) in [4.78, 5) is 27.6. The molecule has 40 heavy (non-hydrogen) atoms. The highest BCUT2D eigenvalue weighted by atomic mass is 19.1. The molecule has 0 spiro atoms. The third kappa shape index (κ3) is 5.05. The van der Waals surface area contributed by atoms with Gasteiger partial charge in [0.1, 0.15) is 34.5 Å². The molecule has 1 amide bonds. The van der Waals surface area contributed by atoms with E-state index < -0.39 is 0 Å². The minimum atomic E-state index is -0.303. The first kappa shape index (κ1) is 27.4. The molecule has 0 bridgehead atoms. The van der Waals surface area contributed by atoms with Gasteiger partial charge in [0.05, 0.1) is 31.0 Å². The van der Waals surface area contributed by atoms with E-state index in [4.69, 9.17) is 24.5 Å². The summed E-state index contributed by atoms with van der Waals surface area (Å²) in [6, 6.07) is 11.6. The van der Waals surface area contributed by atoms with Gasteiger partial charge in [-0.2, -0.15) is 5.10 Å². The average molecular weight is 547 g/mol. The lowest BCUT2D eigenvalue weighted by Crippen LogP contribution is -2.49. The second kappa shape index (κ2) is 11.5. The van der Waals surface area contributed by atoms with Crippen molar-refractivity contribution in [3.63, 3.8) is 0 Å². The van der Waals surface area contributed by atoms with Gasteiger partial charge in [0, 0.05) is 32.1 Å². The maximum atomic E-state index is 13.7. The van der Waals surface area contributed by atoms with Crippen molar-refractivity contribution in [3.05, 3.63) is 65.4 Å². The van der Waals surface area contributed by atoms with E-state index in [1.807, 2.05) is 11.8 Å². The molecule has 210 valence electrons. The lowest BCUT2D eigenvalue weighted by atomic mass is 10.1. The summed E-state index contributed by atoms with van der Waals surface area (Å²) in [6.07, 6.45) is 1.97. The van der Waals surface area contributed by atoms with Crippen LogP contribution < -0.4 is 14.4 Å². The number of anilines is 1. The molecule has 1 saturated heterocycles. The van der Waals surface area contributed by atoms with Crippen LogP contribution in [0.4, 0.5) is 10.2 Å². The van der Waals surface area contributed by atoms with Crippen LogP contribution in [0, 0.1) is 12.7 Å². The summed E-state index contributed by atoms with van der Waals surface area (Å²) < 4.78 is 26.4. The van der Waals surface area contributed by atoms with Crippen molar-refractivity contribution < 1.29 is 18.7 Å². The third-order valence-corrected chi connectivity index (χ3v) is 7.44. The van der Waals surface area contributed by atoms with E-state index in [1.54, 1.807) is 49.2 Å². The molecule has 0 saturated carbocycles. The topological polar surface area (TPSA) is 85.6 Å². The van der Waals surface area contributed by atoms with E-state index in [2.05, 4.69) is 18.7 Å². The molecule has 1 aliphatic heterocycles. The van der Waals surface area contributed by atoms with Crippen molar-refractivity contribution in [1.82, 2.24) is 24.6 Å². The molecule has 1 fully saturated rings. The number of methoxy groups -OCH3 is 2. The van der Waals surface area contributed by atoms with Gasteiger partial charge in [0.15, 0.2) is 5.65 Å². The summed E-state index contributed by atoms with van der Waals surface area (Å²) in [5.74, 6) is 2.28. The Morgan fingerprint density at radius 1 is 1.00 bits per heavy atom. The van der Waals surface area contributed by atoms with Gasteiger partial charge < -0.3 is 19.3 Å². The molecule has 2 aromatic carbocycles. The van der Waals surface area contributed by atoms with Crippen molar-refractivity contribution in [3.8, 4) is 17.2 Å². The Labute approximate surface area is 233 Å². The maximum Gasteiger partial charge on any atom is 0.261 e. The number of aromatic nitrogens is 4. The van der Waals surface area contributed by atoms with E-state index in [1.165, 1.54) is 12.1 Å². The minimum absolute atomic E-state index is 0.126. The third-order valence-electron chi connectivity index (χ3n) is 7.44. The Morgan fingerprint density at radius 2 is 1.65 bits per heavy atom. The summed E-state index contributed by atoms with van der Waals surface area (Å²) in [5.41, 5.74) is 2.66. The molecule has 4 aromatic rings. The molecule has 1 aliphatic rings. The maximum absolute atomic E-state index is 13.7. The second-order valence-corrected chi connectivity index (χ2v) is 10.1. The molecule has 5 rings (SSSR count). The van der Waals surface area contributed by atoms with Crippen molar-refractivity contribution in [2.45, 2.75) is 39.5 Å². The number of fused-ring (bicyclic) bond motifs is 1. The highest BCUT2D eigenvalue weighted by Crippen LogP contribution is 2.33. The number of amides is 1. The summed E-state index contributed by atoms with van der Waals surface area (Å²) >= 11 is 0. The van der Waals surface area contributed by atoms with Gasteiger partial charge in [-0.3, -0.25) is 4.79 Å². The largest absolute Gasteiger partial charge is 0.496 e. The van der Waals surface area contributed by atoms with Crippen LogP contribution in [0.3, 0.4) is 0 Å². The average Bonchev–Trinajstić information content (AvgIpc) is 3.32. The van der Waals surface area contributed by atoms with E-state index in [9.17, 15) is 9.18 Å². The van der Waals surface area contributed by atoms with Crippen molar-refractivity contribution >= 4 is 22.8 Å². The van der Waals surface area contributed by atoms with Crippen LogP contribution in [0.25, 0.3) is 16.7 Å². The van der Waals surface area contributed by atoms with Gasteiger partial charge in [0.25, 0.3) is 5.91 Å². The molecule has 0 radical (unpaired) electrons. The molecule has 1 unspecified atom stereocenters. The number of hydrogen-bond donors (Lipinski definition) is 0. The Balaban J connectivity index is 1.50. The Bertz CT molecular complexity index is 1490. The minimum Gasteiger partial charge on any atom is -0.496 e. The lowest BCUT2D eigenvalue weighted by Gasteiger charge is -2.36. The van der Waals surface area contributed by atoms with Gasteiger partial charge in [-0.15, -0.1) is 0 Å². The molecule has 1 atom stereocenters. The number of piperazine rings is 1. The molecule has 2 aromatic heterocycles. The highest BCUT2D eigenvalue weighted by Gasteiger charge is 2.30. The number of carbonyl (C=O) groups excluding carboxylic acids is 1. The molecule has 9 nitrogen and oxygen atoms in total. The number of hydrogen-bond acceptors (Lipinski definition) is 7. The Morgan fingerprint density at radius 3 is 2.25 bits per heavy atom. The number of rotatable bonds is 8. The first-order valence-corrected chi connectivity index (χ1v) is 13.6. The number of ether oxygens (including phenoxy) is 2. The zero-order chi connectivity index (χ0) is 28.4. The number of aryl methyl sites for hydroxylation is 1. The first-order valence-electron chi connectivity index (χ1n) is 13.6. The van der Waals surface area contributed by atoms with Crippen LogP contribution in [-0.4, -0.2) is 71.0 Å². The fourth-order valence-electron chi connectivity index (χ4n) is 5.29. The van der Waals surface area contributed by atoms with Crippen LogP contribution in [0.5, 0.6) is 11.5 Å². The fraction of sp³-hybridized carbons (Fsp3) is 0.400. The lowest BCUT2D eigenvalue weighted by molar-refractivity contribution is 0.0739. The van der Waals surface area contributed by atoms with Crippen LogP contribution in [-0.2, 0) is 0 Å². The first-order chi connectivity index (χ1) is 19.4. The van der Waals surface area contributed by atoms with Crippen LogP contribution in [0.15, 0.2) is 42.5 Å². The quantitative estimate of drug-likeness (QED) is 0.302. The fourth-order valence-corrected chi connectivity index (χ4v) is 5.29. The standard InChI is InChI=1S/C30H35FN6O3/c1-6-8-19(2)27-32-28(25-20(3)34-37(29(25)33-27)22-13-11-21(31)12-14-22)35-15-17-36(18-16-35)30(38)26-23(39-4)9-7-10-24(26)40-5/h7,9-14,19H,6,8,15-18H2,1-5H3. The highest BCUT2D eigenvalue weighted by molar-refractivity contribution is 6.00. The number of nitrogens with zero attached hydrogens (tertiary/aromatic N) is 6. The van der Waals surface area contributed by atoms with Gasteiger partial charge >= 0.3 is 0 Å². The van der Waals surface area contributed by atoms with E-state index in [0.717, 1.165) is 41.3 Å². The van der Waals surface area contributed by atoms with Crippen LogP contribution in [0.1, 0.15) is 54.5 Å². The number of benzene rings is 2. The molecule has 0 N–H and O–H groups in total. The molecule has 0 aliphatic carbocycles. The molecule has 3 heterocycles. The predicted molar refractivity (Wildman–Crippen MR) is 152 cm³/mol. The molecular weight excluding hydrogens is 511 g/mol. The Hall–Kier alpha value is -4.21. The zero-order valence-electron chi connectivity index (χ0n) is 23.6. The second-order valence-electron chi connectivity index (χ2n) is 10.1. The summed E-state index contributed by atoms with van der Waals surface area (Å²) in [6.45, 7) is 8.44. The summed E-state index contributed by atoms with van der Waals surface area (Å²) in [5, 5.41) is 5.65. The van der Waals surface area contributed by atoms with Crippen LogP contribution in [0.2, 0.25) is 0 Å². The molecular formula is C30H35FN6O3. The van der Waals surface area contributed by atoms with E-state index in [-0.39, 0.29) is 17.6 Å². The van der Waals surface area contributed by atoms with Gasteiger partial charge in [-0.1, -0.05) is 26.3 Å². The molecule has 10 heteroatoms.